The number of amides is 1. The number of nitrogens with zero attached hydrogens (tertiary/aromatic N) is 5. The number of fused-ring (bicyclic) bond motifs is 1. The van der Waals surface area contributed by atoms with Gasteiger partial charge < -0.3 is 14.3 Å². The highest BCUT2D eigenvalue weighted by molar-refractivity contribution is 5.88. The minimum Gasteiger partial charge on any atom is -0.493 e. The van der Waals surface area contributed by atoms with Gasteiger partial charge in [0.1, 0.15) is 11.5 Å². The average Bonchev–Trinajstić information content (AvgIpc) is 2.83. The van der Waals surface area contributed by atoms with Crippen LogP contribution in [0.4, 0.5) is 10.3 Å². The third-order valence-corrected chi connectivity index (χ3v) is 4.53. The van der Waals surface area contributed by atoms with Crippen LogP contribution in [-0.2, 0) is 4.79 Å². The molecule has 0 saturated heterocycles. The molecular weight excluding hydrogens is 431 g/mol. The molecule has 0 bridgehead atoms. The summed E-state index contributed by atoms with van der Waals surface area (Å²) in [5.41, 5.74) is 4.15. The number of methoxy groups -OCH3 is 2. The van der Waals surface area contributed by atoms with Gasteiger partial charge in [0.05, 0.1) is 25.9 Å². The highest BCUT2D eigenvalue weighted by Crippen LogP contribution is 2.35. The normalized spacial score (nSPS) is 10.5. The van der Waals surface area contributed by atoms with Gasteiger partial charge in [0, 0.05) is 36.2 Å². The summed E-state index contributed by atoms with van der Waals surface area (Å²) in [6, 6.07) is 10.8. The Labute approximate surface area is 187 Å². The van der Waals surface area contributed by atoms with Crippen molar-refractivity contribution >= 4 is 22.8 Å². The van der Waals surface area contributed by atoms with Crippen molar-refractivity contribution in [2.24, 2.45) is 0 Å². The van der Waals surface area contributed by atoms with Crippen molar-refractivity contribution in [3.63, 3.8) is 0 Å². The maximum Gasteiger partial charge on any atom is 0.301 e. The number of anilines is 1. The van der Waals surface area contributed by atoms with E-state index in [-0.39, 0.29) is 11.8 Å². The molecule has 2 heterocycles. The molecule has 11 heteroatoms. The second-order valence-corrected chi connectivity index (χ2v) is 6.74. The molecule has 1 amide bonds. The number of benzene rings is 2. The van der Waals surface area contributed by atoms with Gasteiger partial charge in [0.25, 0.3) is 0 Å². The third-order valence-electron chi connectivity index (χ3n) is 4.53. The molecule has 0 atom stereocenters. The zero-order valence-corrected chi connectivity index (χ0v) is 17.9. The number of aromatic nitrogens is 4. The van der Waals surface area contributed by atoms with Crippen molar-refractivity contribution in [2.45, 2.75) is 6.92 Å². The van der Waals surface area contributed by atoms with E-state index in [4.69, 9.17) is 14.3 Å². The smallest absolute Gasteiger partial charge is 0.301 e. The average molecular weight is 450 g/mol. The standard InChI is InChI=1S/C22H19FN6O4/c1-13(30)28-29(22-25-12-18(26-27-22)14-4-6-15(23)7-5-14)33-19-8-9-24-17-11-21(32-3)20(31-2)10-16(17)19/h4-12H,1-3H3,(H,28,30). The number of carbonyl (C=O) groups excluding carboxylic acids is 1. The van der Waals surface area contributed by atoms with E-state index >= 15 is 0 Å². The first-order chi connectivity index (χ1) is 16.0. The summed E-state index contributed by atoms with van der Waals surface area (Å²) in [5.74, 6) is 0.536. The summed E-state index contributed by atoms with van der Waals surface area (Å²) >= 11 is 0. The molecule has 0 spiro atoms. The highest BCUT2D eigenvalue weighted by Gasteiger charge is 2.18. The third kappa shape index (κ3) is 4.71. The van der Waals surface area contributed by atoms with Crippen LogP contribution in [0.2, 0.25) is 0 Å². The van der Waals surface area contributed by atoms with Crippen LogP contribution < -0.4 is 24.9 Å². The fourth-order valence-corrected chi connectivity index (χ4v) is 3.00. The van der Waals surface area contributed by atoms with E-state index in [0.717, 1.165) is 5.17 Å². The van der Waals surface area contributed by atoms with Gasteiger partial charge in [-0.15, -0.1) is 10.2 Å². The van der Waals surface area contributed by atoms with Crippen LogP contribution in [0.15, 0.2) is 54.9 Å². The van der Waals surface area contributed by atoms with Crippen LogP contribution in [0.3, 0.4) is 0 Å². The lowest BCUT2D eigenvalue weighted by molar-refractivity contribution is -0.120. The SMILES string of the molecule is COc1cc2nccc(ON(NC(C)=O)c3ncc(-c4ccc(F)cc4)nn3)c2cc1OC. The zero-order chi connectivity index (χ0) is 23.4. The Balaban J connectivity index is 1.68. The number of hydrazine groups is 1. The van der Waals surface area contributed by atoms with Crippen LogP contribution >= 0.6 is 0 Å². The zero-order valence-electron chi connectivity index (χ0n) is 17.9. The van der Waals surface area contributed by atoms with Crippen molar-refractivity contribution in [3.05, 3.63) is 60.7 Å². The van der Waals surface area contributed by atoms with E-state index in [2.05, 4.69) is 25.6 Å². The minimum absolute atomic E-state index is 0.0264. The Morgan fingerprint density at radius 2 is 1.70 bits per heavy atom. The molecule has 2 aromatic heterocycles. The molecule has 33 heavy (non-hydrogen) atoms. The van der Waals surface area contributed by atoms with E-state index in [1.807, 2.05) is 0 Å². The molecule has 0 aliphatic rings. The fourth-order valence-electron chi connectivity index (χ4n) is 3.00. The van der Waals surface area contributed by atoms with Gasteiger partial charge in [-0.25, -0.2) is 14.8 Å². The van der Waals surface area contributed by atoms with E-state index in [9.17, 15) is 9.18 Å². The first kappa shape index (κ1) is 21.7. The number of ether oxygens (including phenoxy) is 2. The summed E-state index contributed by atoms with van der Waals surface area (Å²) in [4.78, 5) is 26.3. The van der Waals surface area contributed by atoms with E-state index < -0.39 is 5.91 Å². The largest absolute Gasteiger partial charge is 0.493 e. The molecule has 168 valence electrons. The lowest BCUT2D eigenvalue weighted by atomic mass is 10.2. The molecule has 2 aromatic carbocycles. The Morgan fingerprint density at radius 3 is 2.33 bits per heavy atom. The second-order valence-electron chi connectivity index (χ2n) is 6.74. The molecule has 0 unspecified atom stereocenters. The molecule has 4 aromatic rings. The highest BCUT2D eigenvalue weighted by atomic mass is 19.1. The van der Waals surface area contributed by atoms with Gasteiger partial charge in [-0.05, 0) is 30.3 Å². The second kappa shape index (κ2) is 9.30. The van der Waals surface area contributed by atoms with Gasteiger partial charge in [0.15, 0.2) is 17.2 Å². The summed E-state index contributed by atoms with van der Waals surface area (Å²) in [7, 11) is 3.05. The maximum atomic E-state index is 13.2. The molecule has 0 aliphatic carbocycles. The van der Waals surface area contributed by atoms with E-state index in [0.29, 0.717) is 39.4 Å². The van der Waals surface area contributed by atoms with Crippen LogP contribution in [0.25, 0.3) is 22.2 Å². The van der Waals surface area contributed by atoms with Crippen LogP contribution in [-0.4, -0.2) is 40.3 Å². The lowest BCUT2D eigenvalue weighted by Crippen LogP contribution is -2.45. The molecule has 0 aliphatic heterocycles. The monoisotopic (exact) mass is 450 g/mol. The lowest BCUT2D eigenvalue weighted by Gasteiger charge is -2.22. The van der Waals surface area contributed by atoms with Crippen molar-refractivity contribution < 1.29 is 23.5 Å². The topological polar surface area (TPSA) is 112 Å². The van der Waals surface area contributed by atoms with Gasteiger partial charge >= 0.3 is 5.95 Å². The van der Waals surface area contributed by atoms with Gasteiger partial charge in [0.2, 0.25) is 5.91 Å². The Hall–Kier alpha value is -4.54. The predicted molar refractivity (Wildman–Crippen MR) is 117 cm³/mol. The van der Waals surface area contributed by atoms with Crippen LogP contribution in [0.5, 0.6) is 17.2 Å². The van der Waals surface area contributed by atoms with Crippen LogP contribution in [0, 0.1) is 5.82 Å². The van der Waals surface area contributed by atoms with Crippen molar-refractivity contribution in [1.29, 1.82) is 0 Å². The Morgan fingerprint density at radius 1 is 0.970 bits per heavy atom. The summed E-state index contributed by atoms with van der Waals surface area (Å²) in [5, 5.41) is 9.74. The van der Waals surface area contributed by atoms with Gasteiger partial charge in [-0.2, -0.15) is 0 Å². The number of rotatable bonds is 7. The van der Waals surface area contributed by atoms with E-state index in [1.54, 1.807) is 36.5 Å². The molecule has 1 N–H and O–H groups in total. The number of hydrogen-bond donors (Lipinski definition) is 1. The number of nitrogens with one attached hydrogen (secondary N) is 1. The summed E-state index contributed by atoms with van der Waals surface area (Å²) in [6.07, 6.45) is 2.98. The van der Waals surface area contributed by atoms with Crippen LogP contribution in [0.1, 0.15) is 6.92 Å². The number of halogens is 1. The molecule has 10 nitrogen and oxygen atoms in total. The van der Waals surface area contributed by atoms with Crippen molar-refractivity contribution in [2.75, 3.05) is 19.4 Å². The first-order valence-corrected chi connectivity index (χ1v) is 9.70. The molecule has 0 radical (unpaired) electrons. The molecule has 0 saturated carbocycles. The van der Waals surface area contributed by atoms with Gasteiger partial charge in [-0.3, -0.25) is 9.78 Å². The molecule has 4 rings (SSSR count). The Kier molecular flexibility index (Phi) is 6.11. The number of hydrogen-bond acceptors (Lipinski definition) is 9. The van der Waals surface area contributed by atoms with E-state index in [1.165, 1.54) is 39.5 Å². The summed E-state index contributed by atoms with van der Waals surface area (Å²) < 4.78 is 23.9. The fraction of sp³-hybridized carbons (Fsp3) is 0.136. The predicted octanol–water partition coefficient (Wildman–Crippen LogP) is 3.09. The minimum atomic E-state index is -0.418. The van der Waals surface area contributed by atoms with Crippen molar-refractivity contribution in [3.8, 4) is 28.5 Å². The summed E-state index contributed by atoms with van der Waals surface area (Å²) in [6.45, 7) is 1.31. The molecular formula is C22H19FN6O4. The van der Waals surface area contributed by atoms with Gasteiger partial charge in [-0.1, -0.05) is 5.17 Å². The van der Waals surface area contributed by atoms with Crippen molar-refractivity contribution in [1.82, 2.24) is 25.6 Å². The number of pyridine rings is 1. The molecule has 0 fully saturated rings. The first-order valence-electron chi connectivity index (χ1n) is 9.70. The maximum absolute atomic E-state index is 13.2. The Bertz CT molecular complexity index is 1280. The quantitative estimate of drug-likeness (QED) is 0.425. The number of carbonyl (C=O) groups is 1.